The Labute approximate surface area is 197 Å². The molecule has 0 unspecified atom stereocenters. The molecule has 1 atom stereocenters. The molecule has 0 aromatic heterocycles. The fourth-order valence-electron chi connectivity index (χ4n) is 4.38. The Hall–Kier alpha value is -3.02. The Morgan fingerprint density at radius 3 is 2.42 bits per heavy atom. The molecular weight excluding hydrogens is 416 g/mol. The third kappa shape index (κ3) is 6.50. The molecule has 2 aromatic rings. The lowest BCUT2D eigenvalue weighted by Crippen LogP contribution is -2.49. The number of aryl methyl sites for hydroxylation is 2. The topological polar surface area (TPSA) is 67.9 Å². The minimum Gasteiger partial charge on any atom is -0.493 e. The van der Waals surface area contributed by atoms with Gasteiger partial charge in [-0.2, -0.15) is 0 Å². The van der Waals surface area contributed by atoms with Crippen molar-refractivity contribution in [1.82, 2.24) is 10.2 Å². The molecule has 6 nitrogen and oxygen atoms in total. The van der Waals surface area contributed by atoms with Gasteiger partial charge in [-0.25, -0.2) is 0 Å². The third-order valence-electron chi connectivity index (χ3n) is 6.55. The van der Waals surface area contributed by atoms with E-state index in [9.17, 15) is 9.59 Å². The van der Waals surface area contributed by atoms with Gasteiger partial charge in [0.25, 0.3) is 0 Å². The van der Waals surface area contributed by atoms with Crippen LogP contribution in [-0.2, 0) is 22.6 Å². The summed E-state index contributed by atoms with van der Waals surface area (Å²) >= 11 is 0. The van der Waals surface area contributed by atoms with Gasteiger partial charge in [-0.15, -0.1) is 0 Å². The number of nitrogens with one attached hydrogen (secondary N) is 1. The van der Waals surface area contributed by atoms with E-state index in [0.717, 1.165) is 42.4 Å². The minimum atomic E-state index is -0.539. The number of carbonyl (C=O) groups excluding carboxylic acids is 2. The first kappa shape index (κ1) is 24.6. The van der Waals surface area contributed by atoms with Crippen molar-refractivity contribution in [2.24, 2.45) is 0 Å². The maximum Gasteiger partial charge on any atom is 0.242 e. The Kier molecular flexibility index (Phi) is 8.75. The van der Waals surface area contributed by atoms with Crippen LogP contribution >= 0.6 is 0 Å². The summed E-state index contributed by atoms with van der Waals surface area (Å²) in [6, 6.07) is 13.4. The highest BCUT2D eigenvalue weighted by atomic mass is 16.5. The molecular formula is C27H36N2O4. The summed E-state index contributed by atoms with van der Waals surface area (Å²) < 4.78 is 10.7. The van der Waals surface area contributed by atoms with Crippen LogP contribution in [0.5, 0.6) is 11.5 Å². The molecule has 0 heterocycles. The van der Waals surface area contributed by atoms with Gasteiger partial charge in [0.2, 0.25) is 11.8 Å². The fourth-order valence-corrected chi connectivity index (χ4v) is 4.38. The van der Waals surface area contributed by atoms with Crippen molar-refractivity contribution in [1.29, 1.82) is 0 Å². The lowest BCUT2D eigenvalue weighted by Gasteiger charge is -2.30. The predicted molar refractivity (Wildman–Crippen MR) is 129 cm³/mol. The number of rotatable bonds is 10. The van der Waals surface area contributed by atoms with Crippen molar-refractivity contribution in [3.05, 3.63) is 59.2 Å². The first-order chi connectivity index (χ1) is 15.9. The molecule has 0 aliphatic heterocycles. The number of nitrogens with zero attached hydrogens (tertiary/aromatic N) is 1. The number of hydrogen-bond donors (Lipinski definition) is 1. The first-order valence-electron chi connectivity index (χ1n) is 11.8. The summed E-state index contributed by atoms with van der Waals surface area (Å²) in [5, 5.41) is 3.15. The highest BCUT2D eigenvalue weighted by Crippen LogP contribution is 2.28. The summed E-state index contributed by atoms with van der Waals surface area (Å²) in [4.78, 5) is 28.1. The van der Waals surface area contributed by atoms with Gasteiger partial charge in [0.1, 0.15) is 6.04 Å². The molecule has 1 fully saturated rings. The standard InChI is InChI=1S/C27H36N2O4/c1-19-9-5-6-10-22(19)18-29(20(2)27(31)28-23-11-7-8-12-23)26(30)16-14-21-13-15-24(32-3)25(17-21)33-4/h5-6,9-10,13,15,17,20,23H,7-8,11-12,14,16,18H2,1-4H3,(H,28,31)/t20-/m0/s1. The molecule has 0 bridgehead atoms. The zero-order valence-electron chi connectivity index (χ0n) is 20.2. The molecule has 178 valence electrons. The highest BCUT2D eigenvalue weighted by Gasteiger charge is 2.28. The van der Waals surface area contributed by atoms with E-state index < -0.39 is 6.04 Å². The van der Waals surface area contributed by atoms with Crippen LogP contribution in [0.1, 0.15) is 55.7 Å². The summed E-state index contributed by atoms with van der Waals surface area (Å²) in [6.45, 7) is 4.28. The van der Waals surface area contributed by atoms with E-state index in [1.54, 1.807) is 19.1 Å². The quantitative estimate of drug-likeness (QED) is 0.579. The van der Waals surface area contributed by atoms with Crippen molar-refractivity contribution in [3.63, 3.8) is 0 Å². The molecule has 6 heteroatoms. The van der Waals surface area contributed by atoms with Crippen LogP contribution in [0.25, 0.3) is 0 Å². The maximum absolute atomic E-state index is 13.4. The summed E-state index contributed by atoms with van der Waals surface area (Å²) in [5.41, 5.74) is 3.15. The van der Waals surface area contributed by atoms with Gasteiger partial charge in [-0.3, -0.25) is 9.59 Å². The monoisotopic (exact) mass is 452 g/mol. The number of benzene rings is 2. The molecule has 33 heavy (non-hydrogen) atoms. The average molecular weight is 453 g/mol. The molecule has 1 N–H and O–H groups in total. The average Bonchev–Trinajstić information content (AvgIpc) is 3.34. The van der Waals surface area contributed by atoms with Crippen molar-refractivity contribution < 1.29 is 19.1 Å². The van der Waals surface area contributed by atoms with Gasteiger partial charge in [0.15, 0.2) is 11.5 Å². The van der Waals surface area contributed by atoms with Crippen LogP contribution < -0.4 is 14.8 Å². The number of methoxy groups -OCH3 is 2. The molecule has 3 rings (SSSR count). The molecule has 0 radical (unpaired) electrons. The largest absolute Gasteiger partial charge is 0.493 e. The van der Waals surface area contributed by atoms with Crippen LogP contribution in [0, 0.1) is 6.92 Å². The predicted octanol–water partition coefficient (Wildman–Crippen LogP) is 4.42. The van der Waals surface area contributed by atoms with Gasteiger partial charge >= 0.3 is 0 Å². The summed E-state index contributed by atoms with van der Waals surface area (Å²) in [5.74, 6) is 1.19. The summed E-state index contributed by atoms with van der Waals surface area (Å²) in [6.07, 6.45) is 5.20. The van der Waals surface area contributed by atoms with Gasteiger partial charge in [-0.05, 0) is 61.9 Å². The Balaban J connectivity index is 1.73. The zero-order valence-corrected chi connectivity index (χ0v) is 20.2. The normalized spacial score (nSPS) is 14.5. The molecule has 1 aliphatic rings. The smallest absolute Gasteiger partial charge is 0.242 e. The summed E-state index contributed by atoms with van der Waals surface area (Å²) in [7, 11) is 3.20. The van der Waals surface area contributed by atoms with Crippen molar-refractivity contribution in [3.8, 4) is 11.5 Å². The number of carbonyl (C=O) groups is 2. The van der Waals surface area contributed by atoms with Gasteiger partial charge in [-0.1, -0.05) is 43.2 Å². The Morgan fingerprint density at radius 2 is 1.76 bits per heavy atom. The zero-order chi connectivity index (χ0) is 23.8. The second-order valence-electron chi connectivity index (χ2n) is 8.80. The van der Waals surface area contributed by atoms with Crippen LogP contribution in [0.3, 0.4) is 0 Å². The van der Waals surface area contributed by atoms with Crippen molar-refractivity contribution in [2.45, 2.75) is 71.0 Å². The van der Waals surface area contributed by atoms with E-state index in [0.29, 0.717) is 30.9 Å². The van der Waals surface area contributed by atoms with Crippen LogP contribution in [0.2, 0.25) is 0 Å². The minimum absolute atomic E-state index is 0.0397. The van der Waals surface area contributed by atoms with Gasteiger partial charge in [0.05, 0.1) is 14.2 Å². The lowest BCUT2D eigenvalue weighted by molar-refractivity contribution is -0.140. The molecule has 1 saturated carbocycles. The van der Waals surface area contributed by atoms with E-state index in [2.05, 4.69) is 5.32 Å². The van der Waals surface area contributed by atoms with E-state index in [1.807, 2.05) is 56.3 Å². The second kappa shape index (κ2) is 11.7. The van der Waals surface area contributed by atoms with E-state index in [-0.39, 0.29) is 17.9 Å². The number of hydrogen-bond acceptors (Lipinski definition) is 4. The van der Waals surface area contributed by atoms with Crippen LogP contribution in [0.15, 0.2) is 42.5 Å². The molecule has 2 amide bonds. The van der Waals surface area contributed by atoms with E-state index in [1.165, 1.54) is 0 Å². The Morgan fingerprint density at radius 1 is 1.06 bits per heavy atom. The van der Waals surface area contributed by atoms with Gasteiger partial charge < -0.3 is 19.7 Å². The molecule has 0 saturated heterocycles. The second-order valence-corrected chi connectivity index (χ2v) is 8.80. The number of amides is 2. The van der Waals surface area contributed by atoms with Crippen molar-refractivity contribution in [2.75, 3.05) is 14.2 Å². The van der Waals surface area contributed by atoms with Gasteiger partial charge in [0, 0.05) is 19.0 Å². The lowest BCUT2D eigenvalue weighted by atomic mass is 10.0. The molecule has 2 aromatic carbocycles. The first-order valence-corrected chi connectivity index (χ1v) is 11.8. The maximum atomic E-state index is 13.4. The van der Waals surface area contributed by atoms with E-state index in [4.69, 9.17) is 9.47 Å². The molecule has 0 spiro atoms. The highest BCUT2D eigenvalue weighted by molar-refractivity contribution is 5.87. The fraction of sp³-hybridized carbons (Fsp3) is 0.481. The number of ether oxygens (including phenoxy) is 2. The third-order valence-corrected chi connectivity index (χ3v) is 6.55. The molecule has 1 aliphatic carbocycles. The SMILES string of the molecule is COc1ccc(CCC(=O)N(Cc2ccccc2C)[C@@H](C)C(=O)NC2CCCC2)cc1OC. The van der Waals surface area contributed by atoms with E-state index >= 15 is 0 Å². The van der Waals surface area contributed by atoms with Crippen molar-refractivity contribution >= 4 is 11.8 Å². The Bertz CT molecular complexity index is 953. The van der Waals surface area contributed by atoms with Crippen LogP contribution in [0.4, 0.5) is 0 Å². The van der Waals surface area contributed by atoms with Crippen LogP contribution in [-0.4, -0.2) is 43.0 Å².